The molecular weight excluding hydrogens is 248 g/mol. The van der Waals surface area contributed by atoms with Gasteiger partial charge in [0.05, 0.1) is 12.0 Å². The number of primary amides is 1. The second-order valence-electron chi connectivity index (χ2n) is 5.56. The van der Waals surface area contributed by atoms with Crippen LogP contribution < -0.4 is 17.2 Å². The highest BCUT2D eigenvalue weighted by Crippen LogP contribution is 2.28. The van der Waals surface area contributed by atoms with Crippen LogP contribution in [0.1, 0.15) is 25.7 Å². The fourth-order valence-electron chi connectivity index (χ4n) is 3.07. The van der Waals surface area contributed by atoms with E-state index in [1.165, 1.54) is 4.90 Å². The van der Waals surface area contributed by atoms with E-state index in [1.54, 1.807) is 0 Å². The van der Waals surface area contributed by atoms with Crippen LogP contribution in [0.2, 0.25) is 0 Å². The van der Waals surface area contributed by atoms with Crippen molar-refractivity contribution in [3.63, 3.8) is 0 Å². The molecular formula is C12H22N4O3. The molecule has 1 heterocycles. The quantitative estimate of drug-likeness (QED) is 0.455. The first-order valence-corrected chi connectivity index (χ1v) is 6.71. The highest BCUT2D eigenvalue weighted by molar-refractivity contribution is 5.88. The van der Waals surface area contributed by atoms with Crippen molar-refractivity contribution in [1.82, 2.24) is 4.90 Å². The molecule has 0 unspecified atom stereocenters. The minimum atomic E-state index is -0.719. The number of rotatable bonds is 2. The molecule has 0 aromatic carbocycles. The van der Waals surface area contributed by atoms with Crippen LogP contribution in [-0.4, -0.2) is 52.6 Å². The van der Waals surface area contributed by atoms with Gasteiger partial charge in [-0.05, 0) is 25.7 Å². The maximum absolute atomic E-state index is 12.5. The average Bonchev–Trinajstić information content (AvgIpc) is 2.82. The number of carbonyl (C=O) groups excluding carboxylic acids is 2. The lowest BCUT2D eigenvalue weighted by Crippen LogP contribution is -2.56. The number of nitrogens with two attached hydrogens (primary N) is 3. The fourth-order valence-corrected chi connectivity index (χ4v) is 3.07. The van der Waals surface area contributed by atoms with Crippen LogP contribution >= 0.6 is 0 Å². The largest absolute Gasteiger partial charge is 0.391 e. The highest BCUT2D eigenvalue weighted by Gasteiger charge is 2.42. The zero-order chi connectivity index (χ0) is 14.2. The van der Waals surface area contributed by atoms with Crippen LogP contribution in [0.4, 0.5) is 0 Å². The topological polar surface area (TPSA) is 136 Å². The molecule has 0 bridgehead atoms. The second-order valence-corrected chi connectivity index (χ2v) is 5.56. The first-order valence-electron chi connectivity index (χ1n) is 6.71. The molecule has 19 heavy (non-hydrogen) atoms. The first kappa shape index (κ1) is 14.2. The molecule has 1 aliphatic heterocycles. The van der Waals surface area contributed by atoms with E-state index in [1.807, 2.05) is 0 Å². The van der Waals surface area contributed by atoms with E-state index in [4.69, 9.17) is 17.2 Å². The smallest absolute Gasteiger partial charge is 0.240 e. The van der Waals surface area contributed by atoms with E-state index >= 15 is 0 Å². The normalized spacial score (nSPS) is 39.3. The summed E-state index contributed by atoms with van der Waals surface area (Å²) < 4.78 is 0. The van der Waals surface area contributed by atoms with Crippen LogP contribution in [0.3, 0.4) is 0 Å². The van der Waals surface area contributed by atoms with Gasteiger partial charge in [0.1, 0.15) is 6.04 Å². The minimum Gasteiger partial charge on any atom is -0.391 e. The van der Waals surface area contributed by atoms with Crippen LogP contribution in [0, 0.1) is 5.92 Å². The van der Waals surface area contributed by atoms with Gasteiger partial charge in [-0.1, -0.05) is 0 Å². The maximum atomic E-state index is 12.5. The van der Waals surface area contributed by atoms with E-state index < -0.39 is 24.0 Å². The number of nitrogens with zero attached hydrogens (tertiary/aromatic N) is 1. The molecule has 1 saturated carbocycles. The van der Waals surface area contributed by atoms with Gasteiger partial charge in [-0.2, -0.15) is 0 Å². The SMILES string of the molecule is NC(=O)[C@H]1CCCN1C(=O)[C@H]1C[C@@H](O)[C@H](N)C[C@@H]1N. The van der Waals surface area contributed by atoms with E-state index in [0.29, 0.717) is 19.4 Å². The van der Waals surface area contributed by atoms with Crippen molar-refractivity contribution in [2.24, 2.45) is 23.1 Å². The molecule has 2 rings (SSSR count). The summed E-state index contributed by atoms with van der Waals surface area (Å²) in [5.74, 6) is -1.14. The van der Waals surface area contributed by atoms with Gasteiger partial charge in [-0.15, -0.1) is 0 Å². The van der Waals surface area contributed by atoms with Crippen molar-refractivity contribution in [1.29, 1.82) is 0 Å². The fraction of sp³-hybridized carbons (Fsp3) is 0.833. The summed E-state index contributed by atoms with van der Waals surface area (Å²) in [7, 11) is 0. The summed E-state index contributed by atoms with van der Waals surface area (Å²) >= 11 is 0. The number of hydrogen-bond donors (Lipinski definition) is 4. The predicted molar refractivity (Wildman–Crippen MR) is 68.6 cm³/mol. The summed E-state index contributed by atoms with van der Waals surface area (Å²) in [4.78, 5) is 25.3. The van der Waals surface area contributed by atoms with Gasteiger partial charge in [0, 0.05) is 18.6 Å². The Morgan fingerprint density at radius 3 is 2.47 bits per heavy atom. The van der Waals surface area contributed by atoms with Gasteiger partial charge in [0.2, 0.25) is 11.8 Å². The monoisotopic (exact) mass is 270 g/mol. The zero-order valence-corrected chi connectivity index (χ0v) is 10.9. The summed E-state index contributed by atoms with van der Waals surface area (Å²) in [6.07, 6.45) is 1.31. The van der Waals surface area contributed by atoms with Gasteiger partial charge >= 0.3 is 0 Å². The molecule has 7 N–H and O–H groups in total. The van der Waals surface area contributed by atoms with Crippen LogP contribution in [0.15, 0.2) is 0 Å². The Morgan fingerprint density at radius 1 is 1.16 bits per heavy atom. The average molecular weight is 270 g/mol. The first-order chi connectivity index (χ1) is 8.91. The van der Waals surface area contributed by atoms with Crippen molar-refractivity contribution in [3.8, 4) is 0 Å². The second kappa shape index (κ2) is 5.44. The van der Waals surface area contributed by atoms with E-state index in [2.05, 4.69) is 0 Å². The Hall–Kier alpha value is -1.18. The van der Waals surface area contributed by atoms with E-state index in [0.717, 1.165) is 6.42 Å². The standard InChI is InChI=1S/C12H22N4O3/c13-7-5-8(14)10(17)4-6(7)12(19)16-3-1-2-9(16)11(15)18/h6-10,17H,1-5,13-14H2,(H2,15,18)/t6-,7-,8+,9+,10+/m0/s1. The molecule has 1 aliphatic carbocycles. The molecule has 0 spiro atoms. The lowest BCUT2D eigenvalue weighted by atomic mass is 9.80. The number of hydrogen-bond acceptors (Lipinski definition) is 5. The Labute approximate surface area is 112 Å². The maximum Gasteiger partial charge on any atom is 0.240 e. The summed E-state index contributed by atoms with van der Waals surface area (Å²) in [5, 5.41) is 9.79. The molecule has 5 atom stereocenters. The third-order valence-electron chi connectivity index (χ3n) is 4.23. The number of aliphatic hydroxyl groups is 1. The van der Waals surface area contributed by atoms with E-state index in [9.17, 15) is 14.7 Å². The number of carbonyl (C=O) groups is 2. The summed E-state index contributed by atoms with van der Waals surface area (Å²) in [6, 6.07) is -1.29. The van der Waals surface area contributed by atoms with Gasteiger partial charge in [-0.3, -0.25) is 9.59 Å². The molecule has 0 radical (unpaired) electrons. The molecule has 7 nitrogen and oxygen atoms in total. The third-order valence-corrected chi connectivity index (χ3v) is 4.23. The molecule has 108 valence electrons. The van der Waals surface area contributed by atoms with Gasteiger partial charge in [0.15, 0.2) is 0 Å². The lowest BCUT2D eigenvalue weighted by molar-refractivity contribution is -0.143. The number of amides is 2. The Balaban J connectivity index is 2.08. The molecule has 1 saturated heterocycles. The number of aliphatic hydroxyl groups excluding tert-OH is 1. The molecule has 2 aliphatic rings. The summed E-state index contributed by atoms with van der Waals surface area (Å²) in [5.41, 5.74) is 17.0. The molecule has 0 aromatic heterocycles. The van der Waals surface area contributed by atoms with Crippen molar-refractivity contribution in [2.45, 2.75) is 49.9 Å². The van der Waals surface area contributed by atoms with Gasteiger partial charge in [-0.25, -0.2) is 0 Å². The van der Waals surface area contributed by atoms with Crippen LogP contribution in [0.25, 0.3) is 0 Å². The minimum absolute atomic E-state index is 0.181. The van der Waals surface area contributed by atoms with Crippen LogP contribution in [-0.2, 0) is 9.59 Å². The van der Waals surface area contributed by atoms with Crippen molar-refractivity contribution < 1.29 is 14.7 Å². The highest BCUT2D eigenvalue weighted by atomic mass is 16.3. The third kappa shape index (κ3) is 2.72. The molecule has 2 fully saturated rings. The van der Waals surface area contributed by atoms with Crippen LogP contribution in [0.5, 0.6) is 0 Å². The van der Waals surface area contributed by atoms with E-state index in [-0.39, 0.29) is 24.4 Å². The van der Waals surface area contributed by atoms with Crippen molar-refractivity contribution in [3.05, 3.63) is 0 Å². The molecule has 2 amide bonds. The Kier molecular flexibility index (Phi) is 4.07. The van der Waals surface area contributed by atoms with Gasteiger partial charge < -0.3 is 27.2 Å². The lowest BCUT2D eigenvalue weighted by Gasteiger charge is -2.37. The molecule has 0 aromatic rings. The Morgan fingerprint density at radius 2 is 1.84 bits per heavy atom. The van der Waals surface area contributed by atoms with Crippen molar-refractivity contribution in [2.75, 3.05) is 6.54 Å². The van der Waals surface area contributed by atoms with Crippen molar-refractivity contribution >= 4 is 11.8 Å². The molecule has 7 heteroatoms. The zero-order valence-electron chi connectivity index (χ0n) is 10.9. The Bertz CT molecular complexity index is 376. The summed E-state index contributed by atoms with van der Waals surface area (Å²) in [6.45, 7) is 0.526. The predicted octanol–water partition coefficient (Wildman–Crippen LogP) is -2.11. The number of likely N-dealkylation sites (tertiary alicyclic amines) is 1. The van der Waals surface area contributed by atoms with Gasteiger partial charge in [0.25, 0.3) is 0 Å².